The fourth-order valence-electron chi connectivity index (χ4n) is 2.43. The Labute approximate surface area is 131 Å². The lowest BCUT2D eigenvalue weighted by Gasteiger charge is -2.26. The summed E-state index contributed by atoms with van der Waals surface area (Å²) in [5.74, 6) is -0.966. The second-order valence-electron chi connectivity index (χ2n) is 5.35. The first kappa shape index (κ1) is 18.2. The Morgan fingerprint density at radius 2 is 1.64 bits per heavy atom. The van der Waals surface area contributed by atoms with E-state index >= 15 is 0 Å². The maximum Gasteiger partial charge on any atom is 0.331 e. The minimum atomic E-state index is -0.619. The van der Waals surface area contributed by atoms with E-state index in [2.05, 4.69) is 4.74 Å². The van der Waals surface area contributed by atoms with Gasteiger partial charge in [0.15, 0.2) is 0 Å². The average molecular weight is 311 g/mol. The van der Waals surface area contributed by atoms with Crippen LogP contribution < -0.4 is 0 Å². The molecule has 6 heteroatoms. The summed E-state index contributed by atoms with van der Waals surface area (Å²) < 4.78 is 9.60. The SMILES string of the molecule is CCOC(=O)/C=C/C(=O)OCCN(C)C(=O)C1CCCCC1. The van der Waals surface area contributed by atoms with Gasteiger partial charge in [-0.15, -0.1) is 0 Å². The number of amides is 1. The summed E-state index contributed by atoms with van der Waals surface area (Å²) in [4.78, 5) is 36.2. The maximum atomic E-state index is 12.2. The number of likely N-dealkylation sites (N-methyl/N-ethyl adjacent to an activating group) is 1. The van der Waals surface area contributed by atoms with E-state index in [1.807, 2.05) is 0 Å². The molecule has 0 atom stereocenters. The molecule has 0 unspecified atom stereocenters. The van der Waals surface area contributed by atoms with Crippen LogP contribution in [-0.2, 0) is 23.9 Å². The van der Waals surface area contributed by atoms with Gasteiger partial charge in [0, 0.05) is 25.1 Å². The smallest absolute Gasteiger partial charge is 0.331 e. The zero-order chi connectivity index (χ0) is 16.4. The van der Waals surface area contributed by atoms with Crippen LogP contribution in [0.1, 0.15) is 39.0 Å². The fraction of sp³-hybridized carbons (Fsp3) is 0.688. The summed E-state index contributed by atoms with van der Waals surface area (Å²) in [5, 5.41) is 0. The molecule has 0 spiro atoms. The molecule has 0 heterocycles. The number of hydrogen-bond donors (Lipinski definition) is 0. The number of hydrogen-bond acceptors (Lipinski definition) is 5. The van der Waals surface area contributed by atoms with Gasteiger partial charge < -0.3 is 14.4 Å². The summed E-state index contributed by atoms with van der Waals surface area (Å²) in [7, 11) is 1.72. The molecular formula is C16H25NO5. The van der Waals surface area contributed by atoms with Gasteiger partial charge in [-0.3, -0.25) is 4.79 Å². The van der Waals surface area contributed by atoms with E-state index in [1.54, 1.807) is 18.9 Å². The molecule has 1 aliphatic rings. The molecule has 1 amide bonds. The molecule has 6 nitrogen and oxygen atoms in total. The zero-order valence-corrected chi connectivity index (χ0v) is 13.4. The molecule has 1 rings (SSSR count). The highest BCUT2D eigenvalue weighted by Gasteiger charge is 2.23. The minimum Gasteiger partial charge on any atom is -0.463 e. The monoisotopic (exact) mass is 311 g/mol. The fourth-order valence-corrected chi connectivity index (χ4v) is 2.43. The Balaban J connectivity index is 2.23. The molecule has 0 saturated heterocycles. The van der Waals surface area contributed by atoms with Crippen molar-refractivity contribution in [2.75, 3.05) is 26.8 Å². The van der Waals surface area contributed by atoms with Crippen LogP contribution in [0.15, 0.2) is 12.2 Å². The van der Waals surface area contributed by atoms with Crippen molar-refractivity contribution in [3.63, 3.8) is 0 Å². The molecule has 0 N–H and O–H groups in total. The molecule has 0 aromatic carbocycles. The summed E-state index contributed by atoms with van der Waals surface area (Å²) in [6.45, 7) is 2.41. The number of rotatable bonds is 7. The first-order chi connectivity index (χ1) is 10.5. The number of nitrogens with zero attached hydrogens (tertiary/aromatic N) is 1. The first-order valence-corrected chi connectivity index (χ1v) is 7.81. The Morgan fingerprint density at radius 1 is 1.05 bits per heavy atom. The predicted octanol–water partition coefficient (Wildman–Crippen LogP) is 1.69. The number of ether oxygens (including phenoxy) is 2. The topological polar surface area (TPSA) is 72.9 Å². The van der Waals surface area contributed by atoms with Gasteiger partial charge >= 0.3 is 11.9 Å². The Bertz CT molecular complexity index is 413. The second kappa shape index (κ2) is 9.97. The molecule has 124 valence electrons. The van der Waals surface area contributed by atoms with Crippen molar-refractivity contribution in [3.05, 3.63) is 12.2 Å². The van der Waals surface area contributed by atoms with Crippen LogP contribution >= 0.6 is 0 Å². The zero-order valence-electron chi connectivity index (χ0n) is 13.4. The molecule has 0 bridgehead atoms. The van der Waals surface area contributed by atoms with E-state index in [4.69, 9.17) is 4.74 Å². The van der Waals surface area contributed by atoms with E-state index in [0.717, 1.165) is 37.8 Å². The van der Waals surface area contributed by atoms with E-state index in [-0.39, 0.29) is 25.0 Å². The van der Waals surface area contributed by atoms with Crippen molar-refractivity contribution >= 4 is 17.8 Å². The molecule has 0 radical (unpaired) electrons. The van der Waals surface area contributed by atoms with E-state index < -0.39 is 11.9 Å². The van der Waals surface area contributed by atoms with Crippen LogP contribution in [0.2, 0.25) is 0 Å². The van der Waals surface area contributed by atoms with Crippen LogP contribution in [0, 0.1) is 5.92 Å². The van der Waals surface area contributed by atoms with Gasteiger partial charge in [-0.25, -0.2) is 9.59 Å². The van der Waals surface area contributed by atoms with Crippen molar-refractivity contribution < 1.29 is 23.9 Å². The van der Waals surface area contributed by atoms with Crippen molar-refractivity contribution in [2.45, 2.75) is 39.0 Å². The van der Waals surface area contributed by atoms with Gasteiger partial charge in [-0.2, -0.15) is 0 Å². The highest BCUT2D eigenvalue weighted by molar-refractivity contribution is 5.91. The van der Waals surface area contributed by atoms with Crippen LogP contribution in [0.4, 0.5) is 0 Å². The minimum absolute atomic E-state index is 0.109. The van der Waals surface area contributed by atoms with Gasteiger partial charge in [0.2, 0.25) is 5.91 Å². The number of carbonyl (C=O) groups excluding carboxylic acids is 3. The number of esters is 2. The molecule has 1 aliphatic carbocycles. The average Bonchev–Trinajstić information content (AvgIpc) is 2.53. The molecule has 22 heavy (non-hydrogen) atoms. The summed E-state index contributed by atoms with van der Waals surface area (Å²) in [6, 6.07) is 0. The highest BCUT2D eigenvalue weighted by Crippen LogP contribution is 2.24. The lowest BCUT2D eigenvalue weighted by atomic mass is 9.88. The quantitative estimate of drug-likeness (QED) is 0.528. The third kappa shape index (κ3) is 6.74. The van der Waals surface area contributed by atoms with Crippen molar-refractivity contribution in [3.8, 4) is 0 Å². The molecular weight excluding hydrogens is 286 g/mol. The Hall–Kier alpha value is -1.85. The largest absolute Gasteiger partial charge is 0.463 e. The summed E-state index contributed by atoms with van der Waals surface area (Å²) in [6.07, 6.45) is 7.38. The standard InChI is InChI=1S/C16H25NO5/c1-3-21-14(18)9-10-15(19)22-12-11-17(2)16(20)13-7-5-4-6-8-13/h9-10,13H,3-8,11-12H2,1-2H3/b10-9+. The summed E-state index contributed by atoms with van der Waals surface area (Å²) >= 11 is 0. The molecule has 1 saturated carbocycles. The van der Waals surface area contributed by atoms with Gasteiger partial charge in [0.05, 0.1) is 13.2 Å². The highest BCUT2D eigenvalue weighted by atomic mass is 16.5. The van der Waals surface area contributed by atoms with Gasteiger partial charge in [0.25, 0.3) is 0 Å². The van der Waals surface area contributed by atoms with E-state index in [9.17, 15) is 14.4 Å². The van der Waals surface area contributed by atoms with Gasteiger partial charge in [-0.1, -0.05) is 19.3 Å². The van der Waals surface area contributed by atoms with Gasteiger partial charge in [0.1, 0.15) is 6.61 Å². The molecule has 0 aromatic rings. The first-order valence-electron chi connectivity index (χ1n) is 7.81. The van der Waals surface area contributed by atoms with Crippen LogP contribution in [0.25, 0.3) is 0 Å². The Morgan fingerprint density at radius 3 is 2.23 bits per heavy atom. The lowest BCUT2D eigenvalue weighted by molar-refractivity contribution is -0.142. The van der Waals surface area contributed by atoms with Crippen molar-refractivity contribution in [2.24, 2.45) is 5.92 Å². The van der Waals surface area contributed by atoms with Crippen LogP contribution in [-0.4, -0.2) is 49.6 Å². The van der Waals surface area contributed by atoms with Crippen LogP contribution in [0.3, 0.4) is 0 Å². The predicted molar refractivity (Wildman–Crippen MR) is 80.9 cm³/mol. The Kier molecular flexibility index (Phi) is 8.25. The molecule has 1 fully saturated rings. The number of carbonyl (C=O) groups is 3. The van der Waals surface area contributed by atoms with Gasteiger partial charge in [-0.05, 0) is 19.8 Å². The molecule has 0 aliphatic heterocycles. The van der Waals surface area contributed by atoms with E-state index in [1.165, 1.54) is 6.42 Å². The van der Waals surface area contributed by atoms with Crippen LogP contribution in [0.5, 0.6) is 0 Å². The maximum absolute atomic E-state index is 12.2. The summed E-state index contributed by atoms with van der Waals surface area (Å²) in [5.41, 5.74) is 0. The van der Waals surface area contributed by atoms with Crippen molar-refractivity contribution in [1.29, 1.82) is 0 Å². The second-order valence-corrected chi connectivity index (χ2v) is 5.35. The van der Waals surface area contributed by atoms with Crippen molar-refractivity contribution in [1.82, 2.24) is 4.90 Å². The third-order valence-electron chi connectivity index (χ3n) is 3.64. The van der Waals surface area contributed by atoms with E-state index in [0.29, 0.717) is 6.54 Å². The third-order valence-corrected chi connectivity index (χ3v) is 3.64. The molecule has 0 aromatic heterocycles. The lowest BCUT2D eigenvalue weighted by Crippen LogP contribution is -2.36. The normalized spacial score (nSPS) is 15.5.